The molecule has 4 heteroatoms. The average molecular weight is 286 g/mol. The van der Waals surface area contributed by atoms with Gasteiger partial charge in [-0.1, -0.05) is 43.4 Å². The molecule has 0 saturated heterocycles. The fourth-order valence-corrected chi connectivity index (χ4v) is 3.78. The van der Waals surface area contributed by atoms with Gasteiger partial charge in [0.25, 0.3) is 0 Å². The number of hydrogen-bond donors (Lipinski definition) is 0. The Hall–Kier alpha value is -1.68. The molecule has 1 aromatic heterocycles. The zero-order valence-electron chi connectivity index (χ0n) is 11.8. The van der Waals surface area contributed by atoms with Crippen LogP contribution in [-0.2, 0) is 12.8 Å². The molecule has 0 spiro atoms. The molecule has 3 nitrogen and oxygen atoms in total. The van der Waals surface area contributed by atoms with E-state index in [1.165, 1.54) is 22.6 Å². The minimum Gasteiger partial charge on any atom is -0.317 e. The largest absolute Gasteiger partial charge is 0.317 e. The lowest BCUT2D eigenvalue weighted by molar-refractivity contribution is 0.112. The monoisotopic (exact) mass is 286 g/mol. The second kappa shape index (κ2) is 5.37. The number of para-hydroxylation sites is 1. The van der Waals surface area contributed by atoms with Crippen molar-refractivity contribution in [1.29, 1.82) is 0 Å². The molecule has 1 atom stereocenters. The first kappa shape index (κ1) is 13.3. The van der Waals surface area contributed by atoms with Crippen LogP contribution in [0.4, 0.5) is 10.8 Å². The van der Waals surface area contributed by atoms with Crippen molar-refractivity contribution in [1.82, 2.24) is 4.98 Å². The van der Waals surface area contributed by atoms with Gasteiger partial charge in [0, 0.05) is 12.2 Å². The Balaban J connectivity index is 2.06. The maximum atomic E-state index is 11.1. The van der Waals surface area contributed by atoms with Gasteiger partial charge >= 0.3 is 0 Å². The molecule has 2 aromatic rings. The van der Waals surface area contributed by atoms with Crippen molar-refractivity contribution in [2.24, 2.45) is 5.92 Å². The maximum Gasteiger partial charge on any atom is 0.190 e. The topological polar surface area (TPSA) is 33.2 Å². The summed E-state index contributed by atoms with van der Waals surface area (Å²) in [5, 5.41) is 0.947. The number of carbonyl (C=O) groups excluding carboxylic acids is 1. The number of benzene rings is 1. The van der Waals surface area contributed by atoms with E-state index >= 15 is 0 Å². The van der Waals surface area contributed by atoms with Gasteiger partial charge in [0.1, 0.15) is 0 Å². The fourth-order valence-electron chi connectivity index (χ4n) is 2.79. The summed E-state index contributed by atoms with van der Waals surface area (Å²) in [4.78, 5) is 18.8. The summed E-state index contributed by atoms with van der Waals surface area (Å²) in [6.07, 6.45) is 2.84. The van der Waals surface area contributed by atoms with Crippen molar-refractivity contribution in [2.45, 2.75) is 26.7 Å². The molecule has 1 aliphatic rings. The highest BCUT2D eigenvalue weighted by Crippen LogP contribution is 2.37. The minimum absolute atomic E-state index is 0.596. The van der Waals surface area contributed by atoms with Crippen molar-refractivity contribution < 1.29 is 4.79 Å². The van der Waals surface area contributed by atoms with Gasteiger partial charge in [-0.2, -0.15) is 0 Å². The van der Waals surface area contributed by atoms with Gasteiger partial charge in [-0.15, -0.1) is 0 Å². The molecule has 1 unspecified atom stereocenters. The highest BCUT2D eigenvalue weighted by Gasteiger charge is 2.25. The number of aldehydes is 1. The van der Waals surface area contributed by atoms with Crippen molar-refractivity contribution >= 4 is 28.4 Å². The van der Waals surface area contributed by atoms with E-state index < -0.39 is 0 Å². The molecule has 0 aliphatic carbocycles. The zero-order valence-corrected chi connectivity index (χ0v) is 12.6. The molecule has 0 saturated carbocycles. The highest BCUT2D eigenvalue weighted by atomic mass is 32.1. The van der Waals surface area contributed by atoms with Crippen LogP contribution in [0.25, 0.3) is 0 Å². The van der Waals surface area contributed by atoms with Crippen LogP contribution in [0.15, 0.2) is 24.3 Å². The predicted molar refractivity (Wildman–Crippen MR) is 83.2 cm³/mol. The average Bonchev–Trinajstić information content (AvgIpc) is 2.89. The van der Waals surface area contributed by atoms with E-state index in [1.807, 2.05) is 6.92 Å². The van der Waals surface area contributed by atoms with Gasteiger partial charge < -0.3 is 4.90 Å². The standard InChI is InChI=1S/C16H18N2OS/c1-3-13-15(10-19)20-16(17-13)18-9-11(2)8-12-6-4-5-7-14(12)18/h4-7,10-11H,3,8-9H2,1-2H3. The lowest BCUT2D eigenvalue weighted by Gasteiger charge is -2.32. The molecule has 0 bridgehead atoms. The molecule has 0 amide bonds. The molecule has 2 heterocycles. The molecular formula is C16H18N2OS. The first-order valence-corrected chi connectivity index (χ1v) is 7.85. The van der Waals surface area contributed by atoms with Gasteiger partial charge in [0.15, 0.2) is 11.4 Å². The van der Waals surface area contributed by atoms with Gasteiger partial charge in [-0.05, 0) is 30.4 Å². The second-order valence-electron chi connectivity index (χ2n) is 5.33. The summed E-state index contributed by atoms with van der Waals surface area (Å²) in [7, 11) is 0. The third-order valence-corrected chi connectivity index (χ3v) is 4.78. The number of fused-ring (bicyclic) bond motifs is 1. The molecule has 1 aliphatic heterocycles. The van der Waals surface area contributed by atoms with E-state index in [0.29, 0.717) is 5.92 Å². The smallest absolute Gasteiger partial charge is 0.190 e. The number of aryl methyl sites for hydroxylation is 1. The third-order valence-electron chi connectivity index (χ3n) is 3.73. The number of carbonyl (C=O) groups is 1. The van der Waals surface area contributed by atoms with Crippen LogP contribution in [0, 0.1) is 5.92 Å². The quantitative estimate of drug-likeness (QED) is 0.804. The molecule has 0 N–H and O–H groups in total. The van der Waals surface area contributed by atoms with Crippen molar-refractivity contribution in [3.05, 3.63) is 40.4 Å². The molecule has 3 rings (SSSR count). The zero-order chi connectivity index (χ0) is 14.1. The predicted octanol–water partition coefficient (Wildman–Crippen LogP) is 3.85. The molecular weight excluding hydrogens is 268 g/mol. The van der Waals surface area contributed by atoms with Crippen molar-refractivity contribution in [3.8, 4) is 0 Å². The molecule has 104 valence electrons. The van der Waals surface area contributed by atoms with Crippen LogP contribution in [0.5, 0.6) is 0 Å². The summed E-state index contributed by atoms with van der Waals surface area (Å²) in [6, 6.07) is 8.49. The second-order valence-corrected chi connectivity index (χ2v) is 6.34. The number of hydrogen-bond acceptors (Lipinski definition) is 4. The summed E-state index contributed by atoms with van der Waals surface area (Å²) in [5.41, 5.74) is 3.52. The fraction of sp³-hybridized carbons (Fsp3) is 0.375. The Labute approximate surface area is 123 Å². The van der Waals surface area contributed by atoms with Crippen LogP contribution in [-0.4, -0.2) is 17.8 Å². The normalized spacial score (nSPS) is 17.9. The number of aromatic nitrogens is 1. The number of nitrogens with zero attached hydrogens (tertiary/aromatic N) is 2. The van der Waals surface area contributed by atoms with Gasteiger partial charge in [0.2, 0.25) is 0 Å². The Morgan fingerprint density at radius 3 is 2.95 bits per heavy atom. The molecule has 20 heavy (non-hydrogen) atoms. The Bertz CT molecular complexity index is 635. The Morgan fingerprint density at radius 2 is 2.25 bits per heavy atom. The van der Waals surface area contributed by atoms with Crippen LogP contribution < -0.4 is 4.90 Å². The number of thiazole rings is 1. The number of anilines is 2. The van der Waals surface area contributed by atoms with Gasteiger partial charge in [-0.25, -0.2) is 4.98 Å². The first-order valence-electron chi connectivity index (χ1n) is 7.03. The van der Waals surface area contributed by atoms with E-state index in [4.69, 9.17) is 0 Å². The lowest BCUT2D eigenvalue weighted by atomic mass is 9.94. The van der Waals surface area contributed by atoms with E-state index in [-0.39, 0.29) is 0 Å². The molecule has 0 radical (unpaired) electrons. The van der Waals surface area contributed by atoms with Crippen LogP contribution in [0.2, 0.25) is 0 Å². The van der Waals surface area contributed by atoms with Gasteiger partial charge in [0.05, 0.1) is 10.6 Å². The Kier molecular flexibility index (Phi) is 3.57. The SMILES string of the molecule is CCc1nc(N2CC(C)Cc3ccccc32)sc1C=O. The first-order chi connectivity index (χ1) is 9.72. The van der Waals surface area contributed by atoms with E-state index in [1.54, 1.807) is 0 Å². The summed E-state index contributed by atoms with van der Waals surface area (Å²) in [6.45, 7) is 5.27. The van der Waals surface area contributed by atoms with Crippen LogP contribution in [0.1, 0.15) is 34.8 Å². The summed E-state index contributed by atoms with van der Waals surface area (Å²) < 4.78 is 0. The van der Waals surface area contributed by atoms with Crippen molar-refractivity contribution in [2.75, 3.05) is 11.4 Å². The van der Waals surface area contributed by atoms with Crippen LogP contribution >= 0.6 is 11.3 Å². The molecule has 0 fully saturated rings. The van der Waals surface area contributed by atoms with E-state index in [2.05, 4.69) is 41.1 Å². The lowest BCUT2D eigenvalue weighted by Crippen LogP contribution is -2.30. The number of rotatable bonds is 3. The summed E-state index contributed by atoms with van der Waals surface area (Å²) >= 11 is 1.50. The third kappa shape index (κ3) is 2.24. The van der Waals surface area contributed by atoms with E-state index in [0.717, 1.165) is 41.4 Å². The summed E-state index contributed by atoms with van der Waals surface area (Å²) in [5.74, 6) is 0.596. The highest BCUT2D eigenvalue weighted by molar-refractivity contribution is 7.17. The van der Waals surface area contributed by atoms with E-state index in [9.17, 15) is 4.79 Å². The van der Waals surface area contributed by atoms with Crippen LogP contribution in [0.3, 0.4) is 0 Å². The minimum atomic E-state index is 0.596. The Morgan fingerprint density at radius 1 is 1.45 bits per heavy atom. The van der Waals surface area contributed by atoms with Gasteiger partial charge in [-0.3, -0.25) is 4.79 Å². The maximum absolute atomic E-state index is 11.1. The van der Waals surface area contributed by atoms with Crippen molar-refractivity contribution in [3.63, 3.8) is 0 Å². The molecule has 1 aromatic carbocycles.